The number of rotatable bonds is 10. The lowest BCUT2D eigenvalue weighted by atomic mass is 10.1. The summed E-state index contributed by atoms with van der Waals surface area (Å²) in [5.41, 5.74) is 1.16. The van der Waals surface area contributed by atoms with Crippen molar-refractivity contribution < 1.29 is 14.6 Å². The number of thiophene rings is 1. The molecular weight excluding hydrogens is 310 g/mol. The van der Waals surface area contributed by atoms with Crippen molar-refractivity contribution in [3.63, 3.8) is 0 Å². The molecule has 1 N–H and O–H groups in total. The zero-order valence-electron chi connectivity index (χ0n) is 13.4. The summed E-state index contributed by atoms with van der Waals surface area (Å²) in [4.78, 5) is 14.3. The lowest BCUT2D eigenvalue weighted by molar-refractivity contribution is -0.137. The van der Waals surface area contributed by atoms with Crippen LogP contribution in [0.2, 0.25) is 0 Å². The summed E-state index contributed by atoms with van der Waals surface area (Å²) in [7, 11) is 1.69. The van der Waals surface area contributed by atoms with Gasteiger partial charge < -0.3 is 9.84 Å². The molecule has 0 aliphatic heterocycles. The van der Waals surface area contributed by atoms with Gasteiger partial charge in [0.05, 0.1) is 7.11 Å². The van der Waals surface area contributed by atoms with Gasteiger partial charge in [-0.1, -0.05) is 24.3 Å². The fourth-order valence-corrected chi connectivity index (χ4v) is 3.27. The first kappa shape index (κ1) is 17.5. The number of ether oxygens (including phenoxy) is 1. The first-order valence-electron chi connectivity index (χ1n) is 7.77. The van der Waals surface area contributed by atoms with E-state index < -0.39 is 5.97 Å². The van der Waals surface area contributed by atoms with Gasteiger partial charge in [0.25, 0.3) is 0 Å². The first-order valence-corrected chi connectivity index (χ1v) is 8.65. The second kappa shape index (κ2) is 9.33. The van der Waals surface area contributed by atoms with Crippen LogP contribution in [0.25, 0.3) is 0 Å². The van der Waals surface area contributed by atoms with Gasteiger partial charge >= 0.3 is 5.97 Å². The molecule has 23 heavy (non-hydrogen) atoms. The molecule has 0 radical (unpaired) electrons. The van der Waals surface area contributed by atoms with Crippen LogP contribution in [0.5, 0.6) is 5.75 Å². The van der Waals surface area contributed by atoms with Crippen molar-refractivity contribution in [3.8, 4) is 5.75 Å². The maximum Gasteiger partial charge on any atom is 0.303 e. The molecule has 1 heterocycles. The van der Waals surface area contributed by atoms with Gasteiger partial charge in [-0.2, -0.15) is 0 Å². The molecule has 0 unspecified atom stereocenters. The fraction of sp³-hybridized carbons (Fsp3) is 0.389. The van der Waals surface area contributed by atoms with Crippen LogP contribution in [-0.4, -0.2) is 29.6 Å². The third-order valence-electron chi connectivity index (χ3n) is 3.66. The van der Waals surface area contributed by atoms with Gasteiger partial charge in [-0.05, 0) is 36.9 Å². The lowest BCUT2D eigenvalue weighted by Gasteiger charge is -2.22. The van der Waals surface area contributed by atoms with Gasteiger partial charge in [-0.15, -0.1) is 11.3 Å². The van der Waals surface area contributed by atoms with Gasteiger partial charge in [0, 0.05) is 30.0 Å². The van der Waals surface area contributed by atoms with E-state index in [1.807, 2.05) is 18.2 Å². The second-order valence-corrected chi connectivity index (χ2v) is 6.48. The number of carboxylic acid groups (broad SMARTS) is 1. The molecule has 0 saturated heterocycles. The molecule has 5 heteroatoms. The van der Waals surface area contributed by atoms with E-state index in [0.29, 0.717) is 6.42 Å². The zero-order valence-corrected chi connectivity index (χ0v) is 14.2. The van der Waals surface area contributed by atoms with Gasteiger partial charge in [-0.3, -0.25) is 9.69 Å². The lowest BCUT2D eigenvalue weighted by Crippen LogP contribution is -2.24. The van der Waals surface area contributed by atoms with E-state index in [9.17, 15) is 4.79 Å². The number of para-hydroxylation sites is 1. The molecule has 0 atom stereocenters. The average Bonchev–Trinajstić information content (AvgIpc) is 3.04. The minimum absolute atomic E-state index is 0.238. The second-order valence-electron chi connectivity index (χ2n) is 5.45. The number of benzene rings is 1. The Kier molecular flexibility index (Phi) is 7.10. The molecule has 0 saturated carbocycles. The number of hydrogen-bond acceptors (Lipinski definition) is 4. The maximum absolute atomic E-state index is 10.6. The molecule has 0 amide bonds. The largest absolute Gasteiger partial charge is 0.496 e. The fourth-order valence-electron chi connectivity index (χ4n) is 2.52. The minimum Gasteiger partial charge on any atom is -0.496 e. The molecule has 2 aromatic rings. The maximum atomic E-state index is 10.6. The highest BCUT2D eigenvalue weighted by atomic mass is 32.1. The number of aliphatic carboxylic acids is 1. The van der Waals surface area contributed by atoms with Crippen LogP contribution < -0.4 is 4.74 Å². The van der Waals surface area contributed by atoms with Crippen LogP contribution in [0.3, 0.4) is 0 Å². The Labute approximate surface area is 141 Å². The van der Waals surface area contributed by atoms with Crippen molar-refractivity contribution in [2.45, 2.75) is 32.4 Å². The van der Waals surface area contributed by atoms with Crippen molar-refractivity contribution in [1.82, 2.24) is 4.90 Å². The highest BCUT2D eigenvalue weighted by Crippen LogP contribution is 2.21. The van der Waals surface area contributed by atoms with E-state index >= 15 is 0 Å². The van der Waals surface area contributed by atoms with Gasteiger partial charge in [-0.25, -0.2) is 0 Å². The molecular formula is C18H23NO3S. The van der Waals surface area contributed by atoms with Gasteiger partial charge in [0.1, 0.15) is 5.75 Å². The Morgan fingerprint density at radius 2 is 2.00 bits per heavy atom. The summed E-state index contributed by atoms with van der Waals surface area (Å²) < 4.78 is 5.44. The summed E-state index contributed by atoms with van der Waals surface area (Å²) >= 11 is 1.75. The summed E-state index contributed by atoms with van der Waals surface area (Å²) in [5.74, 6) is 0.175. The molecule has 2 rings (SSSR count). The Morgan fingerprint density at radius 1 is 1.17 bits per heavy atom. The Balaban J connectivity index is 1.98. The first-order chi connectivity index (χ1) is 11.2. The molecule has 0 fully saturated rings. The molecule has 124 valence electrons. The number of methoxy groups -OCH3 is 1. The predicted molar refractivity (Wildman–Crippen MR) is 92.9 cm³/mol. The number of hydrogen-bond donors (Lipinski definition) is 1. The smallest absolute Gasteiger partial charge is 0.303 e. The van der Waals surface area contributed by atoms with E-state index in [4.69, 9.17) is 9.84 Å². The van der Waals surface area contributed by atoms with Crippen LogP contribution in [0, 0.1) is 0 Å². The van der Waals surface area contributed by atoms with E-state index in [1.54, 1.807) is 18.4 Å². The Morgan fingerprint density at radius 3 is 2.70 bits per heavy atom. The van der Waals surface area contributed by atoms with E-state index in [1.165, 1.54) is 4.88 Å². The van der Waals surface area contributed by atoms with Gasteiger partial charge in [0.2, 0.25) is 0 Å². The van der Waals surface area contributed by atoms with E-state index in [-0.39, 0.29) is 6.42 Å². The molecule has 0 aliphatic carbocycles. The highest BCUT2D eigenvalue weighted by molar-refractivity contribution is 7.09. The van der Waals surface area contributed by atoms with Crippen LogP contribution >= 0.6 is 11.3 Å². The van der Waals surface area contributed by atoms with E-state index in [2.05, 4.69) is 28.5 Å². The third kappa shape index (κ3) is 6.04. The molecule has 1 aromatic carbocycles. The van der Waals surface area contributed by atoms with Crippen molar-refractivity contribution in [2.75, 3.05) is 13.7 Å². The predicted octanol–water partition coefficient (Wildman–Crippen LogP) is 4.01. The normalized spacial score (nSPS) is 10.9. The number of unbranched alkanes of at least 4 members (excludes halogenated alkanes) is 1. The van der Waals surface area contributed by atoms with E-state index in [0.717, 1.165) is 37.4 Å². The molecule has 1 aromatic heterocycles. The van der Waals surface area contributed by atoms with Crippen molar-refractivity contribution >= 4 is 17.3 Å². The highest BCUT2D eigenvalue weighted by Gasteiger charge is 2.11. The number of carbonyl (C=O) groups is 1. The van der Waals surface area contributed by atoms with Crippen molar-refractivity contribution in [2.24, 2.45) is 0 Å². The number of carboxylic acids is 1. The Hall–Kier alpha value is -1.85. The van der Waals surface area contributed by atoms with Crippen LogP contribution in [-0.2, 0) is 17.9 Å². The average molecular weight is 333 g/mol. The van der Waals surface area contributed by atoms with Crippen LogP contribution in [0.15, 0.2) is 41.8 Å². The molecule has 0 bridgehead atoms. The van der Waals surface area contributed by atoms with Crippen LogP contribution in [0.1, 0.15) is 29.7 Å². The summed E-state index contributed by atoms with van der Waals surface area (Å²) in [6, 6.07) is 12.2. The molecule has 0 aliphatic rings. The Bertz CT molecular complexity index is 598. The summed E-state index contributed by atoms with van der Waals surface area (Å²) in [6.45, 7) is 2.56. The number of nitrogens with zero attached hydrogens (tertiary/aromatic N) is 1. The molecule has 0 spiro atoms. The summed E-state index contributed by atoms with van der Waals surface area (Å²) in [5, 5.41) is 10.8. The van der Waals surface area contributed by atoms with Crippen molar-refractivity contribution in [1.29, 1.82) is 0 Å². The SMILES string of the molecule is COc1ccccc1CN(CCCCC(=O)O)Cc1cccs1. The topological polar surface area (TPSA) is 49.8 Å². The van der Waals surface area contributed by atoms with Crippen LogP contribution in [0.4, 0.5) is 0 Å². The van der Waals surface area contributed by atoms with Crippen molar-refractivity contribution in [3.05, 3.63) is 52.2 Å². The third-order valence-corrected chi connectivity index (χ3v) is 4.52. The van der Waals surface area contributed by atoms with Gasteiger partial charge in [0.15, 0.2) is 0 Å². The molecule has 4 nitrogen and oxygen atoms in total. The monoisotopic (exact) mass is 333 g/mol. The standard InChI is InChI=1S/C18H23NO3S/c1-22-17-9-3-2-7-15(17)13-19(11-5-4-10-18(20)21)14-16-8-6-12-23-16/h2-3,6-9,12H,4-5,10-11,13-14H2,1H3,(H,20,21). The minimum atomic E-state index is -0.723. The quantitative estimate of drug-likeness (QED) is 0.667. The zero-order chi connectivity index (χ0) is 16.5. The summed E-state index contributed by atoms with van der Waals surface area (Å²) in [6.07, 6.45) is 1.83.